The van der Waals surface area contributed by atoms with Crippen molar-refractivity contribution >= 4 is 40.7 Å². The van der Waals surface area contributed by atoms with Gasteiger partial charge in [0, 0.05) is 23.4 Å². The zero-order chi connectivity index (χ0) is 23.8. The number of nitrogens with zero attached hydrogens (tertiary/aromatic N) is 1. The Hall–Kier alpha value is -3.91. The molecule has 0 aliphatic rings. The van der Waals surface area contributed by atoms with Crippen LogP contribution in [0.4, 0.5) is 15.8 Å². The standard InChI is InChI=1S/C24H21ClFN3O4/c1-29(14-22(30)27-19-10-8-17(26)9-11-19)23(31)15-33-21-12-7-16(25)13-20(21)24(32)28-18-5-3-2-4-6-18/h2-13H,14-15H2,1H3,(H,27,30)(H,28,32). The highest BCUT2D eigenvalue weighted by molar-refractivity contribution is 6.31. The van der Waals surface area contributed by atoms with Crippen LogP contribution >= 0.6 is 11.6 Å². The molecule has 33 heavy (non-hydrogen) atoms. The normalized spacial score (nSPS) is 10.3. The lowest BCUT2D eigenvalue weighted by atomic mass is 10.2. The smallest absolute Gasteiger partial charge is 0.260 e. The second-order valence-corrected chi connectivity index (χ2v) is 7.49. The molecule has 0 atom stereocenters. The van der Waals surface area contributed by atoms with E-state index in [1.807, 2.05) is 6.07 Å². The minimum Gasteiger partial charge on any atom is -0.483 e. The van der Waals surface area contributed by atoms with Gasteiger partial charge in [-0.3, -0.25) is 14.4 Å². The van der Waals surface area contributed by atoms with Gasteiger partial charge in [-0.15, -0.1) is 0 Å². The molecule has 3 aromatic carbocycles. The molecule has 9 heteroatoms. The van der Waals surface area contributed by atoms with Crippen LogP contribution in [0, 0.1) is 5.82 Å². The highest BCUT2D eigenvalue weighted by atomic mass is 35.5. The Labute approximate surface area is 195 Å². The summed E-state index contributed by atoms with van der Waals surface area (Å²) >= 11 is 6.03. The van der Waals surface area contributed by atoms with E-state index in [0.717, 1.165) is 0 Å². The van der Waals surface area contributed by atoms with Gasteiger partial charge in [0.2, 0.25) is 5.91 Å². The number of likely N-dealkylation sites (N-methyl/N-ethyl adjacent to an activating group) is 1. The summed E-state index contributed by atoms with van der Waals surface area (Å²) < 4.78 is 18.5. The van der Waals surface area contributed by atoms with E-state index in [0.29, 0.717) is 16.4 Å². The highest BCUT2D eigenvalue weighted by Crippen LogP contribution is 2.24. The van der Waals surface area contributed by atoms with E-state index in [1.165, 1.54) is 48.3 Å². The molecule has 0 aliphatic carbocycles. The van der Waals surface area contributed by atoms with Crippen molar-refractivity contribution in [2.75, 3.05) is 30.8 Å². The lowest BCUT2D eigenvalue weighted by Crippen LogP contribution is -2.37. The second kappa shape index (κ2) is 11.1. The summed E-state index contributed by atoms with van der Waals surface area (Å²) in [5.74, 6) is -1.62. The Morgan fingerprint density at radius 2 is 1.61 bits per heavy atom. The third-order valence-corrected chi connectivity index (χ3v) is 4.74. The quantitative estimate of drug-likeness (QED) is 0.517. The van der Waals surface area contributed by atoms with E-state index in [2.05, 4.69) is 10.6 Å². The van der Waals surface area contributed by atoms with Gasteiger partial charge in [-0.2, -0.15) is 0 Å². The Balaban J connectivity index is 1.58. The molecule has 7 nitrogen and oxygen atoms in total. The number of hydrogen-bond acceptors (Lipinski definition) is 4. The van der Waals surface area contributed by atoms with E-state index >= 15 is 0 Å². The fourth-order valence-corrected chi connectivity index (χ4v) is 2.98. The first-order valence-electron chi connectivity index (χ1n) is 9.90. The van der Waals surface area contributed by atoms with Gasteiger partial charge in [-0.25, -0.2) is 4.39 Å². The van der Waals surface area contributed by atoms with Crippen molar-refractivity contribution in [1.82, 2.24) is 4.90 Å². The van der Waals surface area contributed by atoms with Crippen LogP contribution in [0.2, 0.25) is 5.02 Å². The van der Waals surface area contributed by atoms with Gasteiger partial charge in [0.05, 0.1) is 12.1 Å². The van der Waals surface area contributed by atoms with Crippen LogP contribution in [0.1, 0.15) is 10.4 Å². The molecule has 0 aromatic heterocycles. The molecule has 0 bridgehead atoms. The number of para-hydroxylation sites is 1. The van der Waals surface area contributed by atoms with Crippen molar-refractivity contribution in [3.63, 3.8) is 0 Å². The molecule has 170 valence electrons. The zero-order valence-electron chi connectivity index (χ0n) is 17.7. The monoisotopic (exact) mass is 469 g/mol. The summed E-state index contributed by atoms with van der Waals surface area (Å²) in [7, 11) is 1.45. The molecule has 0 aliphatic heterocycles. The molecule has 0 spiro atoms. The number of ether oxygens (including phenoxy) is 1. The Morgan fingerprint density at radius 3 is 2.30 bits per heavy atom. The fraction of sp³-hybridized carbons (Fsp3) is 0.125. The maximum absolute atomic E-state index is 13.0. The lowest BCUT2D eigenvalue weighted by molar-refractivity contribution is -0.135. The average Bonchev–Trinajstić information content (AvgIpc) is 2.80. The maximum Gasteiger partial charge on any atom is 0.260 e. The summed E-state index contributed by atoms with van der Waals surface area (Å²) in [6.07, 6.45) is 0. The predicted octanol–water partition coefficient (Wildman–Crippen LogP) is 4.21. The summed E-state index contributed by atoms with van der Waals surface area (Å²) in [6.45, 7) is -0.630. The van der Waals surface area contributed by atoms with Gasteiger partial charge in [0.15, 0.2) is 6.61 Å². The maximum atomic E-state index is 13.0. The fourth-order valence-electron chi connectivity index (χ4n) is 2.81. The SMILES string of the molecule is CN(CC(=O)Nc1ccc(F)cc1)C(=O)COc1ccc(Cl)cc1C(=O)Nc1ccccc1. The van der Waals surface area contributed by atoms with Crippen molar-refractivity contribution in [3.05, 3.63) is 89.2 Å². The molecule has 3 amide bonds. The lowest BCUT2D eigenvalue weighted by Gasteiger charge is -2.18. The summed E-state index contributed by atoms with van der Waals surface area (Å²) in [5, 5.41) is 5.65. The Kier molecular flexibility index (Phi) is 7.99. The number of benzene rings is 3. The molecule has 3 rings (SSSR count). The number of rotatable bonds is 8. The predicted molar refractivity (Wildman–Crippen MR) is 124 cm³/mol. The van der Waals surface area contributed by atoms with Crippen molar-refractivity contribution in [2.24, 2.45) is 0 Å². The van der Waals surface area contributed by atoms with Crippen molar-refractivity contribution in [3.8, 4) is 5.75 Å². The van der Waals surface area contributed by atoms with Gasteiger partial charge in [0.25, 0.3) is 11.8 Å². The first-order valence-corrected chi connectivity index (χ1v) is 10.3. The number of halogens is 2. The number of amides is 3. The molecule has 0 saturated carbocycles. The number of carbonyl (C=O) groups is 3. The number of carbonyl (C=O) groups excluding carboxylic acids is 3. The minimum atomic E-state index is -0.478. The van der Waals surface area contributed by atoms with E-state index in [1.54, 1.807) is 30.3 Å². The number of hydrogen-bond donors (Lipinski definition) is 2. The molecule has 0 unspecified atom stereocenters. The Morgan fingerprint density at radius 1 is 0.939 bits per heavy atom. The van der Waals surface area contributed by atoms with Gasteiger partial charge in [-0.05, 0) is 54.6 Å². The summed E-state index contributed by atoms with van der Waals surface area (Å²) in [4.78, 5) is 38.4. The van der Waals surface area contributed by atoms with Gasteiger partial charge in [-0.1, -0.05) is 29.8 Å². The average molecular weight is 470 g/mol. The summed E-state index contributed by atoms with van der Waals surface area (Å²) in [5.41, 5.74) is 1.17. The molecule has 0 saturated heterocycles. The van der Waals surface area contributed by atoms with E-state index in [9.17, 15) is 18.8 Å². The number of nitrogens with one attached hydrogen (secondary N) is 2. The van der Waals surface area contributed by atoms with Crippen LogP contribution in [0.3, 0.4) is 0 Å². The largest absolute Gasteiger partial charge is 0.483 e. The van der Waals surface area contributed by atoms with Crippen LogP contribution in [0.15, 0.2) is 72.8 Å². The van der Waals surface area contributed by atoms with Gasteiger partial charge >= 0.3 is 0 Å². The molecule has 0 heterocycles. The molecular weight excluding hydrogens is 449 g/mol. The summed E-state index contributed by atoms with van der Waals surface area (Å²) in [6, 6.07) is 18.6. The second-order valence-electron chi connectivity index (χ2n) is 7.05. The van der Waals surface area contributed by atoms with Gasteiger partial charge < -0.3 is 20.3 Å². The first-order chi connectivity index (χ1) is 15.8. The third kappa shape index (κ3) is 7.05. The van der Waals surface area contributed by atoms with Crippen LogP contribution in [-0.4, -0.2) is 42.8 Å². The van der Waals surface area contributed by atoms with Crippen LogP contribution in [0.5, 0.6) is 5.75 Å². The van der Waals surface area contributed by atoms with Crippen molar-refractivity contribution in [2.45, 2.75) is 0 Å². The van der Waals surface area contributed by atoms with E-state index in [-0.39, 0.29) is 17.9 Å². The molecule has 0 fully saturated rings. The van der Waals surface area contributed by atoms with Gasteiger partial charge in [0.1, 0.15) is 11.6 Å². The first kappa shape index (κ1) is 23.7. The van der Waals surface area contributed by atoms with Crippen molar-refractivity contribution in [1.29, 1.82) is 0 Å². The van der Waals surface area contributed by atoms with E-state index in [4.69, 9.17) is 16.3 Å². The van der Waals surface area contributed by atoms with E-state index < -0.39 is 30.1 Å². The van der Waals surface area contributed by atoms with Crippen LogP contribution < -0.4 is 15.4 Å². The molecule has 3 aromatic rings. The Bertz CT molecular complexity index is 1140. The molecule has 2 N–H and O–H groups in total. The number of anilines is 2. The zero-order valence-corrected chi connectivity index (χ0v) is 18.4. The van der Waals surface area contributed by atoms with Crippen LogP contribution in [0.25, 0.3) is 0 Å². The highest BCUT2D eigenvalue weighted by Gasteiger charge is 2.18. The topological polar surface area (TPSA) is 87.7 Å². The van der Waals surface area contributed by atoms with Crippen molar-refractivity contribution < 1.29 is 23.5 Å². The minimum absolute atomic E-state index is 0.163. The third-order valence-electron chi connectivity index (χ3n) is 4.50. The molecular formula is C24H21ClFN3O4. The molecule has 0 radical (unpaired) electrons. The van der Waals surface area contributed by atoms with Crippen LogP contribution in [-0.2, 0) is 9.59 Å².